The van der Waals surface area contributed by atoms with Crippen LogP contribution in [0.25, 0.3) is 5.95 Å². The highest BCUT2D eigenvalue weighted by atomic mass is 16.5. The van der Waals surface area contributed by atoms with Gasteiger partial charge >= 0.3 is 0 Å². The number of aromatic nitrogens is 5. The molecule has 0 aromatic carbocycles. The summed E-state index contributed by atoms with van der Waals surface area (Å²) in [5.74, 6) is 0.993. The summed E-state index contributed by atoms with van der Waals surface area (Å²) < 4.78 is 6.78. The fraction of sp³-hybridized carbons (Fsp3) is 0.455. The molecule has 2 heterocycles. The molecule has 0 saturated heterocycles. The van der Waals surface area contributed by atoms with Crippen molar-refractivity contribution < 1.29 is 4.74 Å². The third kappa shape index (κ3) is 3.88. The molecule has 3 N–H and O–H groups in total. The van der Waals surface area contributed by atoms with Gasteiger partial charge in [0.2, 0.25) is 11.9 Å². The normalized spacial score (nSPS) is 10.6. The number of nitrogens with two attached hydrogens (primary N) is 1. The number of rotatable bonds is 7. The molecule has 8 heteroatoms. The average molecular weight is 263 g/mol. The molecule has 0 saturated carbocycles. The zero-order valence-electron chi connectivity index (χ0n) is 10.8. The van der Waals surface area contributed by atoms with Gasteiger partial charge in [0.05, 0.1) is 0 Å². The minimum atomic E-state index is 0.160. The van der Waals surface area contributed by atoms with Crippen molar-refractivity contribution in [1.29, 1.82) is 0 Å². The summed E-state index contributed by atoms with van der Waals surface area (Å²) >= 11 is 0. The quantitative estimate of drug-likeness (QED) is 0.700. The second-order valence-corrected chi connectivity index (χ2v) is 3.75. The largest absolute Gasteiger partial charge is 0.382 e. The first kappa shape index (κ1) is 13.2. The van der Waals surface area contributed by atoms with Crippen LogP contribution in [0.4, 0.5) is 11.9 Å². The number of hydrogen-bond acceptors (Lipinski definition) is 7. The Morgan fingerprint density at radius 2 is 2.26 bits per heavy atom. The van der Waals surface area contributed by atoms with Crippen molar-refractivity contribution in [2.75, 3.05) is 30.8 Å². The first-order chi connectivity index (χ1) is 9.29. The van der Waals surface area contributed by atoms with Crippen LogP contribution in [0.5, 0.6) is 0 Å². The van der Waals surface area contributed by atoms with E-state index in [2.05, 4.69) is 25.4 Å². The van der Waals surface area contributed by atoms with Gasteiger partial charge in [-0.3, -0.25) is 0 Å². The topological polar surface area (TPSA) is 104 Å². The van der Waals surface area contributed by atoms with Gasteiger partial charge in [-0.2, -0.15) is 20.1 Å². The molecule has 2 rings (SSSR count). The highest BCUT2D eigenvalue weighted by Crippen LogP contribution is 2.06. The second kappa shape index (κ2) is 6.64. The number of ether oxygens (including phenoxy) is 1. The van der Waals surface area contributed by atoms with Crippen molar-refractivity contribution in [3.05, 3.63) is 18.5 Å². The minimum Gasteiger partial charge on any atom is -0.382 e. The van der Waals surface area contributed by atoms with Crippen molar-refractivity contribution >= 4 is 11.9 Å². The highest BCUT2D eigenvalue weighted by molar-refractivity contribution is 5.34. The van der Waals surface area contributed by atoms with E-state index >= 15 is 0 Å². The Bertz CT molecular complexity index is 500. The predicted octanol–water partition coefficient (Wildman–Crippen LogP) is 0.478. The van der Waals surface area contributed by atoms with Gasteiger partial charge in [0.15, 0.2) is 0 Å². The van der Waals surface area contributed by atoms with E-state index in [1.54, 1.807) is 18.5 Å². The van der Waals surface area contributed by atoms with Gasteiger partial charge in [-0.05, 0) is 19.4 Å². The summed E-state index contributed by atoms with van der Waals surface area (Å²) in [6.45, 7) is 4.11. The van der Waals surface area contributed by atoms with E-state index < -0.39 is 0 Å². The van der Waals surface area contributed by atoms with E-state index in [0.29, 0.717) is 25.0 Å². The lowest BCUT2D eigenvalue weighted by Gasteiger charge is -2.07. The minimum absolute atomic E-state index is 0.160. The Hall–Kier alpha value is -2.22. The van der Waals surface area contributed by atoms with Gasteiger partial charge in [0.1, 0.15) is 0 Å². The van der Waals surface area contributed by atoms with Crippen LogP contribution in [0.3, 0.4) is 0 Å². The van der Waals surface area contributed by atoms with Crippen molar-refractivity contribution in [3.63, 3.8) is 0 Å². The molecule has 0 bridgehead atoms. The molecule has 0 aliphatic heterocycles. The molecular formula is C11H17N7O. The van der Waals surface area contributed by atoms with Crippen LogP contribution in [0.1, 0.15) is 13.3 Å². The van der Waals surface area contributed by atoms with Gasteiger partial charge in [-0.25, -0.2) is 4.68 Å². The van der Waals surface area contributed by atoms with E-state index in [9.17, 15) is 0 Å². The maximum absolute atomic E-state index is 5.65. The first-order valence-electron chi connectivity index (χ1n) is 6.12. The van der Waals surface area contributed by atoms with E-state index in [0.717, 1.165) is 13.0 Å². The molecule has 8 nitrogen and oxygen atoms in total. The van der Waals surface area contributed by atoms with E-state index in [1.165, 1.54) is 4.68 Å². The van der Waals surface area contributed by atoms with Crippen LogP contribution >= 0.6 is 0 Å². The zero-order valence-corrected chi connectivity index (χ0v) is 10.8. The van der Waals surface area contributed by atoms with Crippen LogP contribution < -0.4 is 11.1 Å². The predicted molar refractivity (Wildman–Crippen MR) is 71.0 cm³/mol. The molecule has 0 aliphatic rings. The molecule has 0 spiro atoms. The maximum atomic E-state index is 5.65. The maximum Gasteiger partial charge on any atom is 0.257 e. The molecule has 2 aromatic heterocycles. The van der Waals surface area contributed by atoms with Crippen LogP contribution in [0, 0.1) is 0 Å². The van der Waals surface area contributed by atoms with Crippen molar-refractivity contribution in [3.8, 4) is 5.95 Å². The SMILES string of the molecule is CCOCCCNc1nc(N)nc(-n2cccn2)n1. The summed E-state index contributed by atoms with van der Waals surface area (Å²) in [7, 11) is 0. The Labute approximate surface area is 111 Å². The van der Waals surface area contributed by atoms with Crippen molar-refractivity contribution in [2.24, 2.45) is 0 Å². The molecule has 0 unspecified atom stereocenters. The summed E-state index contributed by atoms with van der Waals surface area (Å²) in [6.07, 6.45) is 4.26. The second-order valence-electron chi connectivity index (χ2n) is 3.75. The lowest BCUT2D eigenvalue weighted by atomic mass is 10.4. The zero-order chi connectivity index (χ0) is 13.5. The fourth-order valence-electron chi connectivity index (χ4n) is 1.47. The summed E-state index contributed by atoms with van der Waals surface area (Å²) in [4.78, 5) is 12.3. The summed E-state index contributed by atoms with van der Waals surface area (Å²) in [6, 6.07) is 1.79. The summed E-state index contributed by atoms with van der Waals surface area (Å²) in [5.41, 5.74) is 5.65. The molecule has 102 valence electrons. The van der Waals surface area contributed by atoms with Gasteiger partial charge in [-0.15, -0.1) is 0 Å². The number of nitrogen functional groups attached to an aromatic ring is 1. The Balaban J connectivity index is 1.97. The fourth-order valence-corrected chi connectivity index (χ4v) is 1.47. The van der Waals surface area contributed by atoms with Crippen LogP contribution in [-0.4, -0.2) is 44.5 Å². The molecule has 0 fully saturated rings. The van der Waals surface area contributed by atoms with Crippen LogP contribution in [-0.2, 0) is 4.74 Å². The molecule has 19 heavy (non-hydrogen) atoms. The third-order valence-corrected chi connectivity index (χ3v) is 2.30. The summed E-state index contributed by atoms with van der Waals surface area (Å²) in [5, 5.41) is 7.13. The smallest absolute Gasteiger partial charge is 0.257 e. The highest BCUT2D eigenvalue weighted by Gasteiger charge is 2.05. The van der Waals surface area contributed by atoms with Gasteiger partial charge in [0.25, 0.3) is 5.95 Å². The van der Waals surface area contributed by atoms with Gasteiger partial charge < -0.3 is 15.8 Å². The number of nitrogens with zero attached hydrogens (tertiary/aromatic N) is 5. The lowest BCUT2D eigenvalue weighted by Crippen LogP contribution is -2.13. The molecule has 0 radical (unpaired) electrons. The van der Waals surface area contributed by atoms with E-state index in [1.807, 2.05) is 6.92 Å². The molecule has 2 aromatic rings. The van der Waals surface area contributed by atoms with Gasteiger partial charge in [0, 0.05) is 32.2 Å². The lowest BCUT2D eigenvalue weighted by molar-refractivity contribution is 0.147. The number of nitrogens with one attached hydrogen (secondary N) is 1. The van der Waals surface area contributed by atoms with E-state index in [-0.39, 0.29) is 5.95 Å². The van der Waals surface area contributed by atoms with E-state index in [4.69, 9.17) is 10.5 Å². The molecule has 0 atom stereocenters. The average Bonchev–Trinajstić information content (AvgIpc) is 2.92. The third-order valence-electron chi connectivity index (χ3n) is 2.30. The standard InChI is InChI=1S/C11H17N7O/c1-2-19-8-4-5-13-10-15-9(12)16-11(17-10)18-7-3-6-14-18/h3,6-7H,2,4-5,8H2,1H3,(H3,12,13,15,16,17). The molecular weight excluding hydrogens is 246 g/mol. The van der Waals surface area contributed by atoms with Crippen LogP contribution in [0.15, 0.2) is 18.5 Å². The Morgan fingerprint density at radius 1 is 1.37 bits per heavy atom. The molecule has 0 amide bonds. The number of anilines is 2. The van der Waals surface area contributed by atoms with Gasteiger partial charge in [-0.1, -0.05) is 0 Å². The monoisotopic (exact) mass is 263 g/mol. The molecule has 0 aliphatic carbocycles. The van der Waals surface area contributed by atoms with Crippen molar-refractivity contribution in [2.45, 2.75) is 13.3 Å². The Morgan fingerprint density at radius 3 is 3.00 bits per heavy atom. The van der Waals surface area contributed by atoms with Crippen LogP contribution in [0.2, 0.25) is 0 Å². The number of hydrogen-bond donors (Lipinski definition) is 2. The Kier molecular flexibility index (Phi) is 4.62. The van der Waals surface area contributed by atoms with Crippen molar-refractivity contribution in [1.82, 2.24) is 24.7 Å². The first-order valence-corrected chi connectivity index (χ1v) is 6.12.